The summed E-state index contributed by atoms with van der Waals surface area (Å²) in [6, 6.07) is 0.277. The standard InChI is InChI=1S/C31H53NO4Si/c1-23(11-18-27-20-31(22-34-31)21-30(6,7)35-27)10-13-25-14-16-26(17-15-25)32-28(33)19-12-24(2)36-37(8,9)29(3,4)5/h10-12,18-19,24-27H,13-17,20-22H2,1-9H3,(H,32,33)/b18-11+,19-12-,23-10+/t24-,25?,26?,27+,31+/m0/s1. The third-order valence-corrected chi connectivity index (χ3v) is 13.3. The molecule has 1 N–H and O–H groups in total. The fraction of sp³-hybridized carbons (Fsp3) is 0.774. The minimum atomic E-state index is -1.83. The number of nitrogens with one attached hydrogen (secondary N) is 1. The zero-order valence-electron chi connectivity index (χ0n) is 25.0. The van der Waals surface area contributed by atoms with Gasteiger partial charge in [-0.05, 0) is 83.8 Å². The molecular formula is C31H53NO4Si. The number of ether oxygens (including phenoxy) is 2. The summed E-state index contributed by atoms with van der Waals surface area (Å²) in [5.74, 6) is 0.694. The first-order valence-electron chi connectivity index (χ1n) is 14.4. The Hall–Kier alpha value is -1.21. The molecule has 0 unspecified atom stereocenters. The van der Waals surface area contributed by atoms with Crippen LogP contribution in [0, 0.1) is 5.92 Å². The first kappa shape index (κ1) is 30.3. The normalized spacial score (nSPS) is 31.7. The fourth-order valence-electron chi connectivity index (χ4n) is 5.51. The van der Waals surface area contributed by atoms with Crippen molar-refractivity contribution in [2.24, 2.45) is 5.92 Å². The van der Waals surface area contributed by atoms with Gasteiger partial charge in [0, 0.05) is 25.0 Å². The van der Waals surface area contributed by atoms with Gasteiger partial charge in [0.2, 0.25) is 5.91 Å². The first-order valence-corrected chi connectivity index (χ1v) is 17.3. The van der Waals surface area contributed by atoms with Gasteiger partial charge >= 0.3 is 0 Å². The number of carbonyl (C=O) groups is 1. The average Bonchev–Trinajstić information content (AvgIpc) is 3.51. The first-order chi connectivity index (χ1) is 17.1. The van der Waals surface area contributed by atoms with Gasteiger partial charge in [-0.3, -0.25) is 4.79 Å². The molecule has 3 aliphatic rings. The summed E-state index contributed by atoms with van der Waals surface area (Å²) in [5, 5.41) is 3.37. The number of allylic oxidation sites excluding steroid dienone is 3. The summed E-state index contributed by atoms with van der Waals surface area (Å²) >= 11 is 0. The van der Waals surface area contributed by atoms with E-state index >= 15 is 0 Å². The molecule has 1 saturated carbocycles. The third kappa shape index (κ3) is 9.49. The van der Waals surface area contributed by atoms with Crippen molar-refractivity contribution in [1.29, 1.82) is 0 Å². The summed E-state index contributed by atoms with van der Waals surface area (Å²) in [6.07, 6.45) is 17.9. The summed E-state index contributed by atoms with van der Waals surface area (Å²) in [5.41, 5.74) is 1.24. The lowest BCUT2D eigenvalue weighted by atomic mass is 9.83. The molecule has 3 fully saturated rings. The highest BCUT2D eigenvalue weighted by molar-refractivity contribution is 6.74. The zero-order valence-corrected chi connectivity index (χ0v) is 26.0. The summed E-state index contributed by atoms with van der Waals surface area (Å²) < 4.78 is 18.3. The number of epoxide rings is 1. The smallest absolute Gasteiger partial charge is 0.243 e. The maximum absolute atomic E-state index is 12.5. The van der Waals surface area contributed by atoms with Crippen LogP contribution < -0.4 is 5.32 Å². The van der Waals surface area contributed by atoms with Crippen molar-refractivity contribution in [3.63, 3.8) is 0 Å². The van der Waals surface area contributed by atoms with Gasteiger partial charge < -0.3 is 19.2 Å². The molecule has 37 heavy (non-hydrogen) atoms. The largest absolute Gasteiger partial charge is 0.411 e. The molecule has 0 aromatic rings. The highest BCUT2D eigenvalue weighted by Gasteiger charge is 2.53. The van der Waals surface area contributed by atoms with Crippen molar-refractivity contribution in [2.45, 2.75) is 141 Å². The Morgan fingerprint density at radius 1 is 1.16 bits per heavy atom. The Morgan fingerprint density at radius 2 is 1.81 bits per heavy atom. The van der Waals surface area contributed by atoms with Crippen molar-refractivity contribution < 1.29 is 18.7 Å². The number of amides is 1. The molecule has 210 valence electrons. The molecule has 1 spiro atoms. The van der Waals surface area contributed by atoms with Crippen LogP contribution in [0.25, 0.3) is 0 Å². The Morgan fingerprint density at radius 3 is 2.41 bits per heavy atom. The van der Waals surface area contributed by atoms with E-state index in [-0.39, 0.29) is 40.4 Å². The van der Waals surface area contributed by atoms with Gasteiger partial charge in [-0.2, -0.15) is 0 Å². The molecule has 3 atom stereocenters. The monoisotopic (exact) mass is 531 g/mol. The van der Waals surface area contributed by atoms with Gasteiger partial charge in [0.25, 0.3) is 0 Å². The molecular weight excluding hydrogens is 478 g/mol. The molecule has 2 heterocycles. The quantitative estimate of drug-likeness (QED) is 0.147. The minimum Gasteiger partial charge on any atom is -0.411 e. The number of rotatable bonds is 9. The number of carbonyl (C=O) groups excluding carboxylic acids is 1. The SMILES string of the molecule is CC(/C=C/[C@@H]1C[C@]2(CO2)CC(C)(C)O1)=C\CC1CCC(NC(=O)/C=C\[C@H](C)O[Si](C)(C)C(C)(C)C)CC1. The van der Waals surface area contributed by atoms with Gasteiger partial charge in [-0.1, -0.05) is 50.6 Å². The summed E-state index contributed by atoms with van der Waals surface area (Å²) in [4.78, 5) is 12.5. The molecule has 6 heteroatoms. The second-order valence-corrected chi connectivity index (χ2v) is 18.7. The van der Waals surface area contributed by atoms with Crippen LogP contribution in [-0.2, 0) is 18.7 Å². The zero-order chi connectivity index (χ0) is 27.5. The van der Waals surface area contributed by atoms with E-state index in [1.807, 2.05) is 13.0 Å². The predicted octanol–water partition coefficient (Wildman–Crippen LogP) is 7.25. The molecule has 1 aliphatic carbocycles. The van der Waals surface area contributed by atoms with E-state index in [9.17, 15) is 4.79 Å². The van der Waals surface area contributed by atoms with Crippen LogP contribution >= 0.6 is 0 Å². The average molecular weight is 532 g/mol. The molecule has 5 nitrogen and oxygen atoms in total. The topological polar surface area (TPSA) is 60.1 Å². The highest BCUT2D eigenvalue weighted by Crippen LogP contribution is 2.46. The number of hydrogen-bond donors (Lipinski definition) is 1. The molecule has 1 amide bonds. The van der Waals surface area contributed by atoms with E-state index in [0.29, 0.717) is 5.92 Å². The Balaban J connectivity index is 1.36. The second-order valence-electron chi connectivity index (χ2n) is 14.0. The molecule has 0 aromatic heterocycles. The van der Waals surface area contributed by atoms with Gasteiger partial charge in [0.05, 0.1) is 30.0 Å². The highest BCUT2D eigenvalue weighted by atomic mass is 28.4. The van der Waals surface area contributed by atoms with E-state index in [4.69, 9.17) is 13.9 Å². The van der Waals surface area contributed by atoms with Crippen LogP contribution in [0.15, 0.2) is 36.0 Å². The van der Waals surface area contributed by atoms with Crippen LogP contribution in [0.2, 0.25) is 18.1 Å². The summed E-state index contributed by atoms with van der Waals surface area (Å²) in [6.45, 7) is 20.6. The maximum Gasteiger partial charge on any atom is 0.243 e. The van der Waals surface area contributed by atoms with E-state index in [1.165, 1.54) is 5.57 Å². The van der Waals surface area contributed by atoms with E-state index in [1.54, 1.807) is 6.08 Å². The molecule has 2 aliphatic heterocycles. The Bertz CT molecular complexity index is 864. The maximum atomic E-state index is 12.5. The molecule has 0 aromatic carbocycles. The van der Waals surface area contributed by atoms with Crippen molar-refractivity contribution in [2.75, 3.05) is 6.61 Å². The molecule has 3 rings (SSSR count). The number of hydrogen-bond acceptors (Lipinski definition) is 4. The van der Waals surface area contributed by atoms with Gasteiger partial charge in [0.15, 0.2) is 8.32 Å². The van der Waals surface area contributed by atoms with Crippen LogP contribution in [0.5, 0.6) is 0 Å². The Kier molecular flexibility index (Phi) is 9.75. The lowest BCUT2D eigenvalue weighted by molar-refractivity contribution is -0.117. The van der Waals surface area contributed by atoms with Crippen LogP contribution in [0.1, 0.15) is 93.4 Å². The Labute approximate surface area is 227 Å². The molecule has 0 radical (unpaired) electrons. The molecule has 0 bridgehead atoms. The van der Waals surface area contributed by atoms with E-state index < -0.39 is 8.32 Å². The van der Waals surface area contributed by atoms with Crippen LogP contribution in [-0.4, -0.2) is 50.3 Å². The minimum absolute atomic E-state index is 0.00138. The van der Waals surface area contributed by atoms with Gasteiger partial charge in [-0.25, -0.2) is 0 Å². The van der Waals surface area contributed by atoms with Crippen molar-refractivity contribution in [1.82, 2.24) is 5.32 Å². The van der Waals surface area contributed by atoms with Gasteiger partial charge in [-0.15, -0.1) is 0 Å². The van der Waals surface area contributed by atoms with Crippen LogP contribution in [0.4, 0.5) is 0 Å². The lowest BCUT2D eigenvalue weighted by Crippen LogP contribution is -2.43. The van der Waals surface area contributed by atoms with Crippen molar-refractivity contribution >= 4 is 14.2 Å². The predicted molar refractivity (Wildman–Crippen MR) is 155 cm³/mol. The van der Waals surface area contributed by atoms with Crippen molar-refractivity contribution in [3.05, 3.63) is 36.0 Å². The second kappa shape index (κ2) is 11.9. The lowest BCUT2D eigenvalue weighted by Gasteiger charge is -2.38. The van der Waals surface area contributed by atoms with Gasteiger partial charge in [0.1, 0.15) is 0 Å². The third-order valence-electron chi connectivity index (χ3n) is 8.69. The van der Waals surface area contributed by atoms with Crippen molar-refractivity contribution in [3.8, 4) is 0 Å². The fourth-order valence-corrected chi connectivity index (χ4v) is 6.87. The summed E-state index contributed by atoms with van der Waals surface area (Å²) in [7, 11) is -1.83. The molecule has 2 saturated heterocycles. The van der Waals surface area contributed by atoms with E-state index in [2.05, 4.69) is 78.2 Å². The van der Waals surface area contributed by atoms with E-state index in [0.717, 1.165) is 51.6 Å². The van der Waals surface area contributed by atoms with Crippen LogP contribution in [0.3, 0.4) is 0 Å².